The van der Waals surface area contributed by atoms with E-state index in [0.29, 0.717) is 0 Å². The molecule has 9 heteroatoms. The monoisotopic (exact) mass is 330 g/mol. The number of anilines is 1. The van der Waals surface area contributed by atoms with Crippen molar-refractivity contribution in [1.29, 1.82) is 0 Å². The van der Waals surface area contributed by atoms with E-state index >= 15 is 0 Å². The van der Waals surface area contributed by atoms with Crippen molar-refractivity contribution in [2.45, 2.75) is 4.90 Å². The highest BCUT2D eigenvalue weighted by Gasteiger charge is 2.26. The van der Waals surface area contributed by atoms with Crippen LogP contribution >= 0.6 is 11.6 Å². The molecule has 0 aliphatic heterocycles. The van der Waals surface area contributed by atoms with Crippen molar-refractivity contribution in [3.63, 3.8) is 0 Å². The number of halogens is 2. The maximum absolute atomic E-state index is 13.0. The van der Waals surface area contributed by atoms with Gasteiger partial charge in [-0.15, -0.1) is 0 Å². The lowest BCUT2D eigenvalue weighted by Crippen LogP contribution is -2.14. The molecule has 0 aliphatic rings. The number of hydrogen-bond acceptors (Lipinski definition) is 4. The lowest BCUT2D eigenvalue weighted by atomic mass is 10.3. The molecule has 6 nitrogen and oxygen atoms in total. The van der Waals surface area contributed by atoms with Gasteiger partial charge in [-0.3, -0.25) is 14.8 Å². The summed E-state index contributed by atoms with van der Waals surface area (Å²) in [6.07, 6.45) is 0. The zero-order chi connectivity index (χ0) is 15.6. The Labute approximate surface area is 124 Å². The maximum atomic E-state index is 13.0. The average molecular weight is 331 g/mol. The Morgan fingerprint density at radius 2 is 1.90 bits per heavy atom. The van der Waals surface area contributed by atoms with Crippen molar-refractivity contribution in [3.8, 4) is 0 Å². The first-order valence-corrected chi connectivity index (χ1v) is 7.38. The van der Waals surface area contributed by atoms with Crippen LogP contribution in [0, 0.1) is 15.9 Å². The molecule has 0 atom stereocenters. The first kappa shape index (κ1) is 15.2. The quantitative estimate of drug-likeness (QED) is 0.688. The highest BCUT2D eigenvalue weighted by atomic mass is 35.5. The topological polar surface area (TPSA) is 89.3 Å². The van der Waals surface area contributed by atoms with E-state index in [-0.39, 0.29) is 10.7 Å². The minimum absolute atomic E-state index is 0.0337. The Hall–Kier alpha value is -2.19. The number of rotatable bonds is 4. The van der Waals surface area contributed by atoms with E-state index in [9.17, 15) is 22.9 Å². The molecule has 0 aliphatic carbocycles. The van der Waals surface area contributed by atoms with E-state index in [1.165, 1.54) is 18.2 Å². The minimum atomic E-state index is -4.24. The number of nitrogens with zero attached hydrogens (tertiary/aromatic N) is 1. The van der Waals surface area contributed by atoms with E-state index < -0.39 is 31.3 Å². The van der Waals surface area contributed by atoms with Gasteiger partial charge in [-0.25, -0.2) is 12.8 Å². The lowest BCUT2D eigenvalue weighted by Gasteiger charge is -2.08. The molecule has 0 aromatic heterocycles. The SMILES string of the molecule is O=[N+]([O-])c1cc(Cl)ccc1S(=O)(=O)Nc1cccc(F)c1. The van der Waals surface area contributed by atoms with E-state index in [2.05, 4.69) is 4.72 Å². The summed E-state index contributed by atoms with van der Waals surface area (Å²) in [6.45, 7) is 0. The van der Waals surface area contributed by atoms with Gasteiger partial charge in [0.1, 0.15) is 5.82 Å². The fourth-order valence-electron chi connectivity index (χ4n) is 1.62. The van der Waals surface area contributed by atoms with Gasteiger partial charge >= 0.3 is 0 Å². The number of nitrogens with one attached hydrogen (secondary N) is 1. The molecule has 1 N–H and O–H groups in total. The number of nitro benzene ring substituents is 1. The molecule has 0 spiro atoms. The summed E-state index contributed by atoms with van der Waals surface area (Å²) in [4.78, 5) is 9.51. The van der Waals surface area contributed by atoms with Gasteiger partial charge in [-0.05, 0) is 30.3 Å². The van der Waals surface area contributed by atoms with Gasteiger partial charge in [-0.1, -0.05) is 17.7 Å². The molecule has 21 heavy (non-hydrogen) atoms. The van der Waals surface area contributed by atoms with E-state index in [0.717, 1.165) is 24.3 Å². The summed E-state index contributed by atoms with van der Waals surface area (Å²) in [6, 6.07) is 7.90. The van der Waals surface area contributed by atoms with Crippen LogP contribution in [-0.4, -0.2) is 13.3 Å². The molecular formula is C12H8ClFN2O4S. The van der Waals surface area contributed by atoms with Crippen LogP contribution < -0.4 is 4.72 Å². The van der Waals surface area contributed by atoms with Crippen molar-refractivity contribution in [3.05, 3.63) is 63.4 Å². The molecule has 110 valence electrons. The largest absolute Gasteiger partial charge is 0.291 e. The van der Waals surface area contributed by atoms with E-state index in [1.54, 1.807) is 0 Å². The smallest absolute Gasteiger partial charge is 0.279 e. The zero-order valence-electron chi connectivity index (χ0n) is 10.3. The van der Waals surface area contributed by atoms with Crippen molar-refractivity contribution in [1.82, 2.24) is 0 Å². The van der Waals surface area contributed by atoms with Crippen LogP contribution in [-0.2, 0) is 10.0 Å². The third-order valence-electron chi connectivity index (χ3n) is 2.48. The molecule has 0 saturated carbocycles. The lowest BCUT2D eigenvalue weighted by molar-refractivity contribution is -0.387. The molecule has 0 unspecified atom stereocenters. The van der Waals surface area contributed by atoms with E-state index in [4.69, 9.17) is 11.6 Å². The Kier molecular flexibility index (Phi) is 4.10. The normalized spacial score (nSPS) is 11.1. The molecule has 0 saturated heterocycles. The van der Waals surface area contributed by atoms with Crippen molar-refractivity contribution < 1.29 is 17.7 Å². The van der Waals surface area contributed by atoms with Crippen molar-refractivity contribution >= 4 is 33.0 Å². The van der Waals surface area contributed by atoms with Crippen molar-refractivity contribution in [2.24, 2.45) is 0 Å². The predicted octanol–water partition coefficient (Wildman–Crippen LogP) is 3.19. The third-order valence-corrected chi connectivity index (χ3v) is 4.15. The van der Waals surface area contributed by atoms with Gasteiger partial charge in [0.05, 0.1) is 10.6 Å². The Morgan fingerprint density at radius 1 is 1.19 bits per heavy atom. The average Bonchev–Trinajstić information content (AvgIpc) is 2.37. The summed E-state index contributed by atoms with van der Waals surface area (Å²) in [5.74, 6) is -0.638. The summed E-state index contributed by atoms with van der Waals surface area (Å²) < 4.78 is 39.5. The number of benzene rings is 2. The second-order valence-corrected chi connectivity index (χ2v) is 6.07. The second-order valence-electron chi connectivity index (χ2n) is 3.99. The van der Waals surface area contributed by atoms with Gasteiger partial charge in [-0.2, -0.15) is 0 Å². The van der Waals surface area contributed by atoms with Gasteiger partial charge < -0.3 is 0 Å². The number of hydrogen-bond donors (Lipinski definition) is 1. The van der Waals surface area contributed by atoms with Crippen LogP contribution in [0.4, 0.5) is 15.8 Å². The molecular weight excluding hydrogens is 323 g/mol. The summed E-state index contributed by atoms with van der Waals surface area (Å²) in [5, 5.41) is 11.0. The molecule has 0 fully saturated rings. The molecule has 2 aromatic carbocycles. The fraction of sp³-hybridized carbons (Fsp3) is 0. The molecule has 0 heterocycles. The van der Waals surface area contributed by atoms with E-state index in [1.807, 2.05) is 0 Å². The van der Waals surface area contributed by atoms with Crippen LogP contribution in [0.1, 0.15) is 0 Å². The van der Waals surface area contributed by atoms with Gasteiger partial charge in [0, 0.05) is 11.1 Å². The highest BCUT2D eigenvalue weighted by molar-refractivity contribution is 7.92. The first-order chi connectivity index (χ1) is 9.79. The maximum Gasteiger partial charge on any atom is 0.291 e. The molecule has 0 bridgehead atoms. The molecule has 0 radical (unpaired) electrons. The van der Waals surface area contributed by atoms with Crippen LogP contribution in [0.3, 0.4) is 0 Å². The van der Waals surface area contributed by atoms with Crippen LogP contribution in [0.25, 0.3) is 0 Å². The Balaban J connectivity index is 2.47. The molecule has 2 rings (SSSR count). The Morgan fingerprint density at radius 3 is 2.52 bits per heavy atom. The standard InChI is InChI=1S/C12H8ClFN2O4S/c13-8-4-5-12(11(6-8)16(17)18)21(19,20)15-10-3-1-2-9(14)7-10/h1-7,15H. The van der Waals surface area contributed by atoms with Crippen LogP contribution in [0.2, 0.25) is 5.02 Å². The van der Waals surface area contributed by atoms with Gasteiger partial charge in [0.2, 0.25) is 0 Å². The predicted molar refractivity (Wildman–Crippen MR) is 75.3 cm³/mol. The van der Waals surface area contributed by atoms with Crippen LogP contribution in [0.5, 0.6) is 0 Å². The summed E-state index contributed by atoms with van der Waals surface area (Å²) in [7, 11) is -4.24. The molecule has 0 amide bonds. The first-order valence-electron chi connectivity index (χ1n) is 5.52. The highest BCUT2D eigenvalue weighted by Crippen LogP contribution is 2.28. The van der Waals surface area contributed by atoms with Crippen LogP contribution in [0.15, 0.2) is 47.4 Å². The molecule has 2 aromatic rings. The number of sulfonamides is 1. The summed E-state index contributed by atoms with van der Waals surface area (Å²) in [5.41, 5.74) is -0.703. The summed E-state index contributed by atoms with van der Waals surface area (Å²) >= 11 is 5.62. The fourth-order valence-corrected chi connectivity index (χ4v) is 2.99. The zero-order valence-corrected chi connectivity index (χ0v) is 11.9. The second kappa shape index (κ2) is 5.66. The van der Waals surface area contributed by atoms with Crippen molar-refractivity contribution in [2.75, 3.05) is 4.72 Å². The Bertz CT molecular complexity index is 811. The number of nitro groups is 1. The van der Waals surface area contributed by atoms with Gasteiger partial charge in [0.25, 0.3) is 15.7 Å². The van der Waals surface area contributed by atoms with Gasteiger partial charge in [0.15, 0.2) is 4.90 Å². The third kappa shape index (κ3) is 3.47. The minimum Gasteiger partial charge on any atom is -0.279 e.